The summed E-state index contributed by atoms with van der Waals surface area (Å²) in [6.07, 6.45) is 0. The fourth-order valence-corrected chi connectivity index (χ4v) is 9.93. The minimum Gasteiger partial charge on any atom is -0.0616 e. The summed E-state index contributed by atoms with van der Waals surface area (Å²) in [4.78, 5) is 0. The van der Waals surface area contributed by atoms with E-state index in [0.717, 1.165) is 0 Å². The molecule has 0 saturated carbocycles. The average molecular weight is 723 g/mol. The predicted molar refractivity (Wildman–Crippen MR) is 245 cm³/mol. The third-order valence-corrected chi connectivity index (χ3v) is 12.9. The molecule has 0 aliphatic heterocycles. The van der Waals surface area contributed by atoms with Crippen molar-refractivity contribution in [2.75, 3.05) is 0 Å². The second-order valence-corrected chi connectivity index (χ2v) is 16.5. The molecule has 0 saturated heterocycles. The molecule has 0 heteroatoms. The Morgan fingerprint density at radius 2 is 0.702 bits per heavy atom. The summed E-state index contributed by atoms with van der Waals surface area (Å²) in [5.41, 5.74) is 12.9. The van der Waals surface area contributed by atoms with Gasteiger partial charge >= 0.3 is 0 Å². The Kier molecular flexibility index (Phi) is 6.78. The third-order valence-electron chi connectivity index (χ3n) is 12.9. The minimum absolute atomic E-state index is 0.0438. The van der Waals surface area contributed by atoms with E-state index in [-0.39, 0.29) is 5.41 Å². The maximum absolute atomic E-state index is 2.43. The summed E-state index contributed by atoms with van der Waals surface area (Å²) in [6.45, 7) is 4.75. The second-order valence-electron chi connectivity index (χ2n) is 16.5. The Morgan fingerprint density at radius 3 is 1.40 bits per heavy atom. The van der Waals surface area contributed by atoms with Crippen molar-refractivity contribution in [3.63, 3.8) is 0 Å². The predicted octanol–water partition coefficient (Wildman–Crippen LogP) is 15.9. The lowest BCUT2D eigenvalue weighted by atomic mass is 9.81. The first-order valence-electron chi connectivity index (χ1n) is 20.1. The van der Waals surface area contributed by atoms with Gasteiger partial charge in [-0.05, 0) is 175 Å². The molecule has 0 spiro atoms. The van der Waals surface area contributed by atoms with Crippen LogP contribution in [-0.4, -0.2) is 0 Å². The van der Waals surface area contributed by atoms with Crippen molar-refractivity contribution in [1.29, 1.82) is 0 Å². The van der Waals surface area contributed by atoms with E-state index in [4.69, 9.17) is 0 Å². The van der Waals surface area contributed by atoms with Gasteiger partial charge in [0.15, 0.2) is 0 Å². The molecular weight excluding hydrogens is 685 g/mol. The van der Waals surface area contributed by atoms with Gasteiger partial charge in [0, 0.05) is 5.41 Å². The number of fused-ring (bicyclic) bond motifs is 11. The van der Waals surface area contributed by atoms with Crippen molar-refractivity contribution in [2.45, 2.75) is 19.3 Å². The Morgan fingerprint density at radius 1 is 0.263 bits per heavy atom. The van der Waals surface area contributed by atoms with Crippen LogP contribution < -0.4 is 0 Å². The molecule has 0 N–H and O–H groups in total. The van der Waals surface area contributed by atoms with Crippen LogP contribution in [0, 0.1) is 0 Å². The van der Waals surface area contributed by atoms with E-state index >= 15 is 0 Å². The second kappa shape index (κ2) is 12.0. The van der Waals surface area contributed by atoms with E-state index < -0.39 is 0 Å². The molecule has 57 heavy (non-hydrogen) atoms. The summed E-state index contributed by atoms with van der Waals surface area (Å²) in [7, 11) is 0. The van der Waals surface area contributed by atoms with Gasteiger partial charge in [0.05, 0.1) is 0 Å². The Hall–Kier alpha value is -7.02. The third kappa shape index (κ3) is 4.94. The molecule has 0 radical (unpaired) electrons. The zero-order valence-corrected chi connectivity index (χ0v) is 32.0. The van der Waals surface area contributed by atoms with Crippen LogP contribution in [0.1, 0.15) is 25.0 Å². The van der Waals surface area contributed by atoms with Crippen LogP contribution in [0.3, 0.4) is 0 Å². The highest BCUT2D eigenvalue weighted by Gasteiger charge is 2.36. The van der Waals surface area contributed by atoms with E-state index in [1.54, 1.807) is 0 Å². The molecule has 0 aromatic heterocycles. The first kappa shape index (κ1) is 32.2. The smallest absolute Gasteiger partial charge is 0.0159 e. The zero-order valence-electron chi connectivity index (χ0n) is 32.0. The van der Waals surface area contributed by atoms with Crippen molar-refractivity contribution >= 4 is 64.6 Å². The Balaban J connectivity index is 0.905. The molecule has 0 bridgehead atoms. The molecular formula is C57H38. The standard InChI is InChI=1S/C57H38/c1-57(2)54-33-39-12-4-3-11-38(39)30-52(54)53-32-47-29-43(21-22-44(47)34-55(53)57)37-14-9-13-36(26-37)40-19-20-42-28-45(24-23-41(42)27-40)51-31-46-25-18-35-10-5-6-15-48(35)56(46)50-17-8-7-16-49(50)51/h3-34H,1-2H3. The van der Waals surface area contributed by atoms with Crippen LogP contribution in [0.25, 0.3) is 109 Å². The number of hydrogen-bond acceptors (Lipinski definition) is 0. The maximum Gasteiger partial charge on any atom is 0.0159 e. The molecule has 0 amide bonds. The van der Waals surface area contributed by atoms with Crippen LogP contribution in [0.5, 0.6) is 0 Å². The number of hydrogen-bond donors (Lipinski definition) is 0. The van der Waals surface area contributed by atoms with E-state index in [0.29, 0.717) is 0 Å². The fourth-order valence-electron chi connectivity index (χ4n) is 9.93. The lowest BCUT2D eigenvalue weighted by molar-refractivity contribution is 0.662. The quantitative estimate of drug-likeness (QED) is 0.159. The van der Waals surface area contributed by atoms with Gasteiger partial charge in [0.25, 0.3) is 0 Å². The topological polar surface area (TPSA) is 0 Å². The van der Waals surface area contributed by atoms with Gasteiger partial charge in [-0.25, -0.2) is 0 Å². The van der Waals surface area contributed by atoms with Crippen molar-refractivity contribution in [3.05, 3.63) is 205 Å². The Bertz CT molecular complexity index is 3490. The highest BCUT2D eigenvalue weighted by Crippen LogP contribution is 2.51. The summed E-state index contributed by atoms with van der Waals surface area (Å²) in [5.74, 6) is 0. The molecule has 12 rings (SSSR count). The van der Waals surface area contributed by atoms with Crippen molar-refractivity contribution in [1.82, 2.24) is 0 Å². The summed E-state index contributed by atoms with van der Waals surface area (Å²) in [5, 5.41) is 15.4. The normalized spacial score (nSPS) is 13.2. The highest BCUT2D eigenvalue weighted by atomic mass is 14.4. The maximum atomic E-state index is 2.43. The Labute approximate surface area is 332 Å². The van der Waals surface area contributed by atoms with Gasteiger partial charge < -0.3 is 0 Å². The largest absolute Gasteiger partial charge is 0.0616 e. The van der Waals surface area contributed by atoms with Gasteiger partial charge in [-0.2, -0.15) is 0 Å². The molecule has 1 aliphatic carbocycles. The molecule has 11 aromatic rings. The molecule has 0 unspecified atom stereocenters. The van der Waals surface area contributed by atoms with Crippen LogP contribution in [-0.2, 0) is 5.41 Å². The lowest BCUT2D eigenvalue weighted by Gasteiger charge is -2.22. The molecule has 0 heterocycles. The van der Waals surface area contributed by atoms with Crippen molar-refractivity contribution in [3.8, 4) is 44.5 Å². The van der Waals surface area contributed by atoms with Crippen LogP contribution in [0.2, 0.25) is 0 Å². The molecule has 11 aromatic carbocycles. The summed E-state index contributed by atoms with van der Waals surface area (Å²) in [6, 6.07) is 72.8. The minimum atomic E-state index is -0.0438. The number of rotatable bonds is 3. The highest BCUT2D eigenvalue weighted by molar-refractivity contribution is 6.23. The van der Waals surface area contributed by atoms with Gasteiger partial charge in [0.2, 0.25) is 0 Å². The van der Waals surface area contributed by atoms with E-state index in [9.17, 15) is 0 Å². The van der Waals surface area contributed by atoms with Gasteiger partial charge in [-0.15, -0.1) is 0 Å². The molecule has 0 nitrogen and oxygen atoms in total. The van der Waals surface area contributed by atoms with E-state index in [2.05, 4.69) is 208 Å². The van der Waals surface area contributed by atoms with Gasteiger partial charge in [0.1, 0.15) is 0 Å². The van der Waals surface area contributed by atoms with Gasteiger partial charge in [-0.1, -0.05) is 153 Å². The van der Waals surface area contributed by atoms with Crippen molar-refractivity contribution in [2.24, 2.45) is 0 Å². The van der Waals surface area contributed by atoms with Crippen molar-refractivity contribution < 1.29 is 0 Å². The van der Waals surface area contributed by atoms with E-state index in [1.807, 2.05) is 0 Å². The molecule has 0 fully saturated rings. The van der Waals surface area contributed by atoms with Gasteiger partial charge in [-0.3, -0.25) is 0 Å². The van der Waals surface area contributed by atoms with Crippen LogP contribution >= 0.6 is 0 Å². The van der Waals surface area contributed by atoms with Crippen LogP contribution in [0.4, 0.5) is 0 Å². The summed E-state index contributed by atoms with van der Waals surface area (Å²) < 4.78 is 0. The SMILES string of the molecule is CC1(C)c2cc3ccccc3cc2-c2cc3cc(-c4cccc(-c5ccc6cc(-c7cc8ccc9ccccc9c8c8ccccc78)ccc6c5)c4)ccc3cc21. The van der Waals surface area contributed by atoms with E-state index in [1.165, 1.54) is 120 Å². The first-order valence-corrected chi connectivity index (χ1v) is 20.1. The molecule has 0 atom stereocenters. The monoisotopic (exact) mass is 722 g/mol. The fraction of sp³-hybridized carbons (Fsp3) is 0.0526. The lowest BCUT2D eigenvalue weighted by Crippen LogP contribution is -2.14. The zero-order chi connectivity index (χ0) is 37.8. The average Bonchev–Trinajstić information content (AvgIpc) is 3.47. The molecule has 266 valence electrons. The number of benzene rings is 11. The first-order chi connectivity index (χ1) is 28.0. The van der Waals surface area contributed by atoms with Crippen LogP contribution in [0.15, 0.2) is 194 Å². The summed E-state index contributed by atoms with van der Waals surface area (Å²) >= 11 is 0. The molecule has 1 aliphatic rings.